The molecule has 1 aromatic heterocycles. The third-order valence-corrected chi connectivity index (χ3v) is 4.89. The fourth-order valence-corrected chi connectivity index (χ4v) is 3.05. The number of aryl methyl sites for hydroxylation is 2. The van der Waals surface area contributed by atoms with E-state index >= 15 is 0 Å². The first kappa shape index (κ1) is 17.5. The normalized spacial score (nSPS) is 10.7. The molecule has 25 heavy (non-hydrogen) atoms. The Hall–Kier alpha value is -2.31. The minimum atomic E-state index is -0.0997. The molecule has 3 rings (SSSR count). The third-order valence-electron chi connectivity index (χ3n) is 3.72. The number of aromatic amines is 1. The van der Waals surface area contributed by atoms with Crippen LogP contribution in [0.15, 0.2) is 47.6 Å². The molecule has 0 bridgehead atoms. The van der Waals surface area contributed by atoms with Crippen molar-refractivity contribution in [3.05, 3.63) is 58.6 Å². The number of H-pyrrole nitrogens is 1. The van der Waals surface area contributed by atoms with Crippen molar-refractivity contribution in [3.63, 3.8) is 0 Å². The van der Waals surface area contributed by atoms with Gasteiger partial charge in [-0.25, -0.2) is 4.98 Å². The first-order valence-corrected chi connectivity index (χ1v) is 9.06. The highest BCUT2D eigenvalue weighted by Gasteiger charge is 2.11. The molecule has 7 heteroatoms. The lowest BCUT2D eigenvalue weighted by molar-refractivity contribution is -0.113. The number of anilines is 1. The Morgan fingerprint density at radius 1 is 1.20 bits per heavy atom. The van der Waals surface area contributed by atoms with Gasteiger partial charge in [0.15, 0.2) is 5.82 Å². The van der Waals surface area contributed by atoms with Crippen LogP contribution < -0.4 is 5.32 Å². The lowest BCUT2D eigenvalue weighted by atomic mass is 10.1. The second kappa shape index (κ2) is 7.72. The maximum absolute atomic E-state index is 12.1. The van der Waals surface area contributed by atoms with Crippen LogP contribution in [0.2, 0.25) is 5.02 Å². The van der Waals surface area contributed by atoms with Gasteiger partial charge >= 0.3 is 0 Å². The molecular weight excluding hydrogens is 356 g/mol. The van der Waals surface area contributed by atoms with E-state index in [2.05, 4.69) is 20.5 Å². The van der Waals surface area contributed by atoms with E-state index in [1.54, 1.807) is 6.07 Å². The van der Waals surface area contributed by atoms with Gasteiger partial charge in [-0.05, 0) is 49.2 Å². The quantitative estimate of drug-likeness (QED) is 0.648. The van der Waals surface area contributed by atoms with Gasteiger partial charge in [-0.15, -0.1) is 5.10 Å². The molecule has 0 fully saturated rings. The predicted molar refractivity (Wildman–Crippen MR) is 102 cm³/mol. The molecule has 3 aromatic rings. The van der Waals surface area contributed by atoms with Crippen molar-refractivity contribution in [3.8, 4) is 11.4 Å². The molecular formula is C18H17ClN4OS. The monoisotopic (exact) mass is 372 g/mol. The number of nitrogens with zero attached hydrogens (tertiary/aromatic N) is 2. The average Bonchev–Trinajstić information content (AvgIpc) is 3.05. The Morgan fingerprint density at radius 3 is 2.76 bits per heavy atom. The SMILES string of the molecule is Cc1ccc(NC(=O)CSc2n[nH]c(-c3ccccc3Cl)n2)cc1C. The summed E-state index contributed by atoms with van der Waals surface area (Å²) in [4.78, 5) is 16.5. The van der Waals surface area contributed by atoms with Crippen molar-refractivity contribution >= 4 is 35.0 Å². The number of benzene rings is 2. The first-order valence-electron chi connectivity index (χ1n) is 7.70. The van der Waals surface area contributed by atoms with Gasteiger partial charge in [0.25, 0.3) is 0 Å². The molecule has 0 aliphatic heterocycles. The van der Waals surface area contributed by atoms with Crippen LogP contribution in [0.3, 0.4) is 0 Å². The topological polar surface area (TPSA) is 70.7 Å². The van der Waals surface area contributed by atoms with E-state index in [0.29, 0.717) is 16.0 Å². The number of halogens is 1. The molecule has 0 spiro atoms. The van der Waals surface area contributed by atoms with Gasteiger partial charge in [-0.2, -0.15) is 0 Å². The fourth-order valence-electron chi connectivity index (χ4n) is 2.23. The summed E-state index contributed by atoms with van der Waals surface area (Å²) in [5.74, 6) is 0.715. The standard InChI is InChI=1S/C18H17ClN4OS/c1-11-7-8-13(9-12(11)2)20-16(24)10-25-18-21-17(22-23-18)14-5-3-4-6-15(14)19/h3-9H,10H2,1-2H3,(H,20,24)(H,21,22,23). The van der Waals surface area contributed by atoms with Crippen LogP contribution in [0.1, 0.15) is 11.1 Å². The Kier molecular flexibility index (Phi) is 5.40. The molecule has 2 aromatic carbocycles. The van der Waals surface area contributed by atoms with Crippen molar-refractivity contribution in [1.29, 1.82) is 0 Å². The molecule has 0 atom stereocenters. The largest absolute Gasteiger partial charge is 0.325 e. The van der Waals surface area contributed by atoms with E-state index < -0.39 is 0 Å². The molecule has 0 saturated carbocycles. The molecule has 1 amide bonds. The summed E-state index contributed by atoms with van der Waals surface area (Å²) in [7, 11) is 0. The zero-order valence-corrected chi connectivity index (χ0v) is 15.4. The van der Waals surface area contributed by atoms with Gasteiger partial charge in [0.2, 0.25) is 11.1 Å². The molecule has 2 N–H and O–H groups in total. The fraction of sp³-hybridized carbons (Fsp3) is 0.167. The molecule has 0 aliphatic rings. The van der Waals surface area contributed by atoms with E-state index in [0.717, 1.165) is 16.8 Å². The lowest BCUT2D eigenvalue weighted by Crippen LogP contribution is -2.14. The molecule has 5 nitrogen and oxygen atoms in total. The second-order valence-corrected chi connectivity index (χ2v) is 6.93. The lowest BCUT2D eigenvalue weighted by Gasteiger charge is -2.06. The molecule has 128 valence electrons. The maximum atomic E-state index is 12.1. The maximum Gasteiger partial charge on any atom is 0.234 e. The van der Waals surface area contributed by atoms with Crippen LogP contribution in [0.25, 0.3) is 11.4 Å². The highest BCUT2D eigenvalue weighted by atomic mass is 35.5. The number of aromatic nitrogens is 3. The summed E-state index contributed by atoms with van der Waals surface area (Å²) in [6, 6.07) is 13.2. The van der Waals surface area contributed by atoms with E-state index in [4.69, 9.17) is 11.6 Å². The Morgan fingerprint density at radius 2 is 2.00 bits per heavy atom. The summed E-state index contributed by atoms with van der Waals surface area (Å²) in [6.07, 6.45) is 0. The highest BCUT2D eigenvalue weighted by molar-refractivity contribution is 7.99. The zero-order chi connectivity index (χ0) is 17.8. The Labute approximate surface area is 155 Å². The van der Waals surface area contributed by atoms with Crippen molar-refractivity contribution in [2.24, 2.45) is 0 Å². The number of hydrogen-bond acceptors (Lipinski definition) is 4. The van der Waals surface area contributed by atoms with Gasteiger partial charge in [-0.3, -0.25) is 9.89 Å². The molecule has 1 heterocycles. The third kappa shape index (κ3) is 4.41. The van der Waals surface area contributed by atoms with Crippen molar-refractivity contribution in [2.75, 3.05) is 11.1 Å². The van der Waals surface area contributed by atoms with Crippen molar-refractivity contribution in [1.82, 2.24) is 15.2 Å². The molecule has 0 aliphatic carbocycles. The van der Waals surface area contributed by atoms with Gasteiger partial charge in [0.1, 0.15) is 0 Å². The second-order valence-electron chi connectivity index (χ2n) is 5.58. The number of amides is 1. The Bertz CT molecular complexity index is 910. The number of nitrogens with one attached hydrogen (secondary N) is 2. The Balaban J connectivity index is 1.59. The van der Waals surface area contributed by atoms with Crippen LogP contribution in [0.4, 0.5) is 5.69 Å². The zero-order valence-electron chi connectivity index (χ0n) is 13.8. The molecule has 0 radical (unpaired) electrons. The van der Waals surface area contributed by atoms with Gasteiger partial charge in [-0.1, -0.05) is 41.6 Å². The molecule has 0 unspecified atom stereocenters. The minimum Gasteiger partial charge on any atom is -0.325 e. The number of carbonyl (C=O) groups excluding carboxylic acids is 1. The molecule has 0 saturated heterocycles. The minimum absolute atomic E-state index is 0.0997. The van der Waals surface area contributed by atoms with Gasteiger partial charge in [0.05, 0.1) is 10.8 Å². The summed E-state index contributed by atoms with van der Waals surface area (Å²) in [5.41, 5.74) is 3.91. The number of rotatable bonds is 5. The average molecular weight is 373 g/mol. The number of thioether (sulfide) groups is 1. The first-order chi connectivity index (χ1) is 12.0. The van der Waals surface area contributed by atoms with E-state index in [-0.39, 0.29) is 11.7 Å². The van der Waals surface area contributed by atoms with Crippen molar-refractivity contribution < 1.29 is 4.79 Å². The van der Waals surface area contributed by atoms with Crippen molar-refractivity contribution in [2.45, 2.75) is 19.0 Å². The summed E-state index contributed by atoms with van der Waals surface area (Å²) < 4.78 is 0. The van der Waals surface area contributed by atoms with Crippen LogP contribution >= 0.6 is 23.4 Å². The summed E-state index contributed by atoms with van der Waals surface area (Å²) >= 11 is 7.42. The van der Waals surface area contributed by atoms with E-state index in [1.807, 2.05) is 50.2 Å². The van der Waals surface area contributed by atoms with Crippen LogP contribution in [-0.4, -0.2) is 26.8 Å². The predicted octanol–water partition coefficient (Wildman–Crippen LogP) is 4.47. The number of hydrogen-bond donors (Lipinski definition) is 2. The smallest absolute Gasteiger partial charge is 0.234 e. The van der Waals surface area contributed by atoms with E-state index in [1.165, 1.54) is 17.3 Å². The van der Waals surface area contributed by atoms with Gasteiger partial charge < -0.3 is 5.32 Å². The summed E-state index contributed by atoms with van der Waals surface area (Å²) in [6.45, 7) is 4.06. The van der Waals surface area contributed by atoms with E-state index in [9.17, 15) is 4.79 Å². The van der Waals surface area contributed by atoms with Gasteiger partial charge in [0, 0.05) is 11.3 Å². The van der Waals surface area contributed by atoms with Crippen LogP contribution in [-0.2, 0) is 4.79 Å². The number of carbonyl (C=O) groups is 1. The summed E-state index contributed by atoms with van der Waals surface area (Å²) in [5, 5.41) is 11.0. The highest BCUT2D eigenvalue weighted by Crippen LogP contribution is 2.26. The van der Waals surface area contributed by atoms with Crippen LogP contribution in [0.5, 0.6) is 0 Å². The van der Waals surface area contributed by atoms with Crippen LogP contribution in [0, 0.1) is 13.8 Å².